The standard InChI is InChI=1S/C11H17N5O2S2/c1-3-4-16-7-10(5-9(16)6-12-2)20(17,18)15-11-14-13-8-19-11/h5,7-8,12H,3-4,6H2,1-2H3,(H,14,15). The maximum absolute atomic E-state index is 12.3. The third-order valence-corrected chi connectivity index (χ3v) is 4.72. The highest BCUT2D eigenvalue weighted by Crippen LogP contribution is 2.19. The number of aryl methyl sites for hydroxylation is 1. The predicted molar refractivity (Wildman–Crippen MR) is 78.2 cm³/mol. The van der Waals surface area contributed by atoms with Crippen molar-refractivity contribution in [3.8, 4) is 0 Å². The van der Waals surface area contributed by atoms with E-state index >= 15 is 0 Å². The molecule has 0 aliphatic carbocycles. The van der Waals surface area contributed by atoms with E-state index in [4.69, 9.17) is 0 Å². The van der Waals surface area contributed by atoms with Gasteiger partial charge in [-0.3, -0.25) is 4.72 Å². The van der Waals surface area contributed by atoms with Gasteiger partial charge < -0.3 is 9.88 Å². The highest BCUT2D eigenvalue weighted by Gasteiger charge is 2.19. The van der Waals surface area contributed by atoms with Crippen molar-refractivity contribution < 1.29 is 8.42 Å². The molecule has 0 spiro atoms. The van der Waals surface area contributed by atoms with Gasteiger partial charge in [0.25, 0.3) is 10.0 Å². The molecule has 0 bridgehead atoms. The summed E-state index contributed by atoms with van der Waals surface area (Å²) in [5.74, 6) is 0. The van der Waals surface area contributed by atoms with E-state index in [0.29, 0.717) is 6.54 Å². The van der Waals surface area contributed by atoms with E-state index in [1.807, 2.05) is 11.6 Å². The number of aromatic nitrogens is 3. The van der Waals surface area contributed by atoms with Gasteiger partial charge in [-0.25, -0.2) is 8.42 Å². The molecule has 0 aliphatic rings. The van der Waals surface area contributed by atoms with E-state index in [-0.39, 0.29) is 10.0 Å². The van der Waals surface area contributed by atoms with E-state index in [1.54, 1.807) is 12.3 Å². The molecule has 110 valence electrons. The molecule has 0 aliphatic heterocycles. The Morgan fingerprint density at radius 2 is 2.25 bits per heavy atom. The van der Waals surface area contributed by atoms with Crippen molar-refractivity contribution in [3.63, 3.8) is 0 Å². The molecule has 0 fully saturated rings. The first-order valence-corrected chi connectivity index (χ1v) is 8.55. The van der Waals surface area contributed by atoms with Crippen LogP contribution in [0.4, 0.5) is 5.13 Å². The summed E-state index contributed by atoms with van der Waals surface area (Å²) < 4.78 is 28.9. The molecule has 2 N–H and O–H groups in total. The molecule has 0 saturated carbocycles. The Kier molecular flexibility index (Phi) is 4.73. The molecule has 2 aromatic rings. The van der Waals surface area contributed by atoms with E-state index < -0.39 is 10.0 Å². The lowest BCUT2D eigenvalue weighted by molar-refractivity contribution is 0.599. The van der Waals surface area contributed by atoms with Gasteiger partial charge in [-0.1, -0.05) is 18.3 Å². The summed E-state index contributed by atoms with van der Waals surface area (Å²) in [7, 11) is -1.78. The molecular formula is C11H17N5O2S2. The SMILES string of the molecule is CCCn1cc(S(=O)(=O)Nc2nncs2)cc1CNC. The number of rotatable bonds is 7. The Morgan fingerprint density at radius 3 is 2.85 bits per heavy atom. The van der Waals surface area contributed by atoms with Crippen molar-refractivity contribution in [1.29, 1.82) is 0 Å². The number of nitrogens with one attached hydrogen (secondary N) is 2. The highest BCUT2D eigenvalue weighted by molar-refractivity contribution is 7.93. The van der Waals surface area contributed by atoms with Gasteiger partial charge >= 0.3 is 0 Å². The van der Waals surface area contributed by atoms with Crippen molar-refractivity contribution in [3.05, 3.63) is 23.5 Å². The molecule has 20 heavy (non-hydrogen) atoms. The van der Waals surface area contributed by atoms with Gasteiger partial charge in [0.05, 0.1) is 0 Å². The largest absolute Gasteiger partial charge is 0.349 e. The minimum atomic E-state index is -3.61. The average molecular weight is 315 g/mol. The van der Waals surface area contributed by atoms with Gasteiger partial charge in [-0.2, -0.15) is 0 Å². The van der Waals surface area contributed by atoms with Crippen molar-refractivity contribution in [2.75, 3.05) is 11.8 Å². The van der Waals surface area contributed by atoms with Crippen LogP contribution in [0.1, 0.15) is 19.0 Å². The second kappa shape index (κ2) is 6.33. The summed E-state index contributed by atoms with van der Waals surface area (Å²) >= 11 is 1.14. The zero-order valence-electron chi connectivity index (χ0n) is 11.3. The van der Waals surface area contributed by atoms with Gasteiger partial charge in [-0.05, 0) is 19.5 Å². The third kappa shape index (κ3) is 3.35. The first-order valence-electron chi connectivity index (χ1n) is 6.19. The van der Waals surface area contributed by atoms with Crippen LogP contribution >= 0.6 is 11.3 Å². The summed E-state index contributed by atoms with van der Waals surface area (Å²) in [6.45, 7) is 3.45. The zero-order chi connectivity index (χ0) is 14.6. The molecule has 7 nitrogen and oxygen atoms in total. The van der Waals surface area contributed by atoms with Crippen LogP contribution in [0.25, 0.3) is 0 Å². The van der Waals surface area contributed by atoms with Crippen LogP contribution in [-0.4, -0.2) is 30.2 Å². The van der Waals surface area contributed by atoms with Gasteiger partial charge in [0.2, 0.25) is 5.13 Å². The Labute approximate surface area is 122 Å². The quantitative estimate of drug-likeness (QED) is 0.803. The number of nitrogens with zero attached hydrogens (tertiary/aromatic N) is 3. The Morgan fingerprint density at radius 1 is 1.45 bits per heavy atom. The molecule has 0 saturated heterocycles. The zero-order valence-corrected chi connectivity index (χ0v) is 13.0. The van der Waals surface area contributed by atoms with Crippen molar-refractivity contribution in [2.45, 2.75) is 31.3 Å². The van der Waals surface area contributed by atoms with Gasteiger partial charge in [0.15, 0.2) is 0 Å². The topological polar surface area (TPSA) is 88.9 Å². The van der Waals surface area contributed by atoms with Crippen molar-refractivity contribution in [2.24, 2.45) is 0 Å². The molecule has 2 aromatic heterocycles. The third-order valence-electron chi connectivity index (χ3n) is 2.68. The molecule has 0 aromatic carbocycles. The lowest BCUT2D eigenvalue weighted by atomic mass is 10.4. The smallest absolute Gasteiger partial charge is 0.265 e. The molecule has 0 atom stereocenters. The number of hydrogen-bond acceptors (Lipinski definition) is 6. The van der Waals surface area contributed by atoms with Crippen LogP contribution in [0, 0.1) is 0 Å². The van der Waals surface area contributed by atoms with Crippen LogP contribution in [0.5, 0.6) is 0 Å². The fourth-order valence-corrected chi connectivity index (χ4v) is 3.60. The number of anilines is 1. The second-order valence-electron chi connectivity index (χ2n) is 4.24. The van der Waals surface area contributed by atoms with Gasteiger partial charge in [0.1, 0.15) is 10.4 Å². The minimum absolute atomic E-state index is 0.242. The van der Waals surface area contributed by atoms with Crippen molar-refractivity contribution >= 4 is 26.5 Å². The molecule has 0 radical (unpaired) electrons. The molecular weight excluding hydrogens is 298 g/mol. The normalized spacial score (nSPS) is 11.7. The Balaban J connectivity index is 2.29. The highest BCUT2D eigenvalue weighted by atomic mass is 32.2. The first-order chi connectivity index (χ1) is 9.56. The van der Waals surface area contributed by atoms with Crippen LogP contribution in [0.2, 0.25) is 0 Å². The average Bonchev–Trinajstić information content (AvgIpc) is 3.01. The summed E-state index contributed by atoms with van der Waals surface area (Å²) in [6.07, 6.45) is 2.59. The minimum Gasteiger partial charge on any atom is -0.349 e. The van der Waals surface area contributed by atoms with Crippen molar-refractivity contribution in [1.82, 2.24) is 20.1 Å². The lowest BCUT2D eigenvalue weighted by Gasteiger charge is -2.06. The summed E-state index contributed by atoms with van der Waals surface area (Å²) in [5, 5.41) is 10.6. The van der Waals surface area contributed by atoms with Crippen LogP contribution in [-0.2, 0) is 23.1 Å². The maximum Gasteiger partial charge on any atom is 0.265 e. The predicted octanol–water partition coefficient (Wildman–Crippen LogP) is 1.27. The van der Waals surface area contributed by atoms with E-state index in [1.165, 1.54) is 5.51 Å². The van der Waals surface area contributed by atoms with E-state index in [9.17, 15) is 8.42 Å². The summed E-state index contributed by atoms with van der Waals surface area (Å²) in [6, 6.07) is 1.68. The van der Waals surface area contributed by atoms with E-state index in [0.717, 1.165) is 30.0 Å². The monoisotopic (exact) mass is 315 g/mol. The molecule has 2 rings (SSSR count). The molecule has 9 heteroatoms. The molecule has 0 unspecified atom stereocenters. The Bertz CT molecular complexity index is 625. The summed E-state index contributed by atoms with van der Waals surface area (Å²) in [4.78, 5) is 0.242. The number of hydrogen-bond donors (Lipinski definition) is 2. The van der Waals surface area contributed by atoms with Crippen LogP contribution in [0.3, 0.4) is 0 Å². The van der Waals surface area contributed by atoms with Crippen LogP contribution in [0.15, 0.2) is 22.7 Å². The van der Waals surface area contributed by atoms with Gasteiger partial charge in [-0.15, -0.1) is 10.2 Å². The van der Waals surface area contributed by atoms with Crippen LogP contribution < -0.4 is 10.0 Å². The fraction of sp³-hybridized carbons (Fsp3) is 0.455. The lowest BCUT2D eigenvalue weighted by Crippen LogP contribution is -2.12. The maximum atomic E-state index is 12.3. The first kappa shape index (κ1) is 14.9. The molecule has 2 heterocycles. The number of sulfonamides is 1. The molecule has 0 amide bonds. The second-order valence-corrected chi connectivity index (χ2v) is 6.76. The fourth-order valence-electron chi connectivity index (χ4n) is 1.84. The van der Waals surface area contributed by atoms with E-state index in [2.05, 4.69) is 27.2 Å². The summed E-state index contributed by atoms with van der Waals surface area (Å²) in [5.41, 5.74) is 2.42. The van der Waals surface area contributed by atoms with Gasteiger partial charge in [0, 0.05) is 25.0 Å². The Hall–Kier alpha value is -1.45.